The number of likely N-dealkylation sites (N-methyl/N-ethyl adjacent to an activating group) is 1. The lowest BCUT2D eigenvalue weighted by molar-refractivity contribution is 0.0609. The molecule has 0 spiro atoms. The van der Waals surface area contributed by atoms with Crippen molar-refractivity contribution in [2.45, 2.75) is 33.1 Å². The van der Waals surface area contributed by atoms with Crippen LogP contribution in [-0.4, -0.2) is 60.2 Å². The van der Waals surface area contributed by atoms with Crippen LogP contribution in [0.3, 0.4) is 0 Å². The van der Waals surface area contributed by atoms with Gasteiger partial charge in [-0.2, -0.15) is 5.10 Å². The summed E-state index contributed by atoms with van der Waals surface area (Å²) in [7, 11) is 0. The first kappa shape index (κ1) is 17.5. The monoisotopic (exact) mass is 347 g/mol. The number of nitrogens with zero attached hydrogens (tertiary/aromatic N) is 3. The summed E-state index contributed by atoms with van der Waals surface area (Å²) in [6, 6.07) is -0.703. The molecule has 8 heteroatoms. The minimum atomic E-state index is -0.703. The van der Waals surface area contributed by atoms with Crippen molar-refractivity contribution < 1.29 is 14.0 Å². The molecule has 0 atom stereocenters. The van der Waals surface area contributed by atoms with Crippen LogP contribution in [0.1, 0.15) is 47.2 Å². The van der Waals surface area contributed by atoms with Crippen LogP contribution in [0.4, 0.5) is 4.79 Å². The average molecular weight is 347 g/mol. The fourth-order valence-electron chi connectivity index (χ4n) is 3.52. The molecule has 0 aromatic carbocycles. The number of aryl methyl sites for hydroxylation is 1. The average Bonchev–Trinajstić information content (AvgIpc) is 2.97. The molecule has 0 saturated carbocycles. The molecule has 136 valence electrons. The zero-order chi connectivity index (χ0) is 18.0. The SMILES string of the molecule is CCN1CCN(C(=O)c2oc3c(c2C)/C(=N/NC(N)=O)CCC3)CC1. The fraction of sp³-hybridized carbons (Fsp3) is 0.588. The molecule has 8 nitrogen and oxygen atoms in total. The molecule has 0 radical (unpaired) electrons. The number of nitrogens with one attached hydrogen (secondary N) is 1. The number of carbonyl (C=O) groups excluding carboxylic acids is 2. The summed E-state index contributed by atoms with van der Waals surface area (Å²) in [5.74, 6) is 1.10. The van der Waals surface area contributed by atoms with E-state index in [-0.39, 0.29) is 5.91 Å². The number of primary amides is 1. The van der Waals surface area contributed by atoms with E-state index in [2.05, 4.69) is 22.4 Å². The summed E-state index contributed by atoms with van der Waals surface area (Å²) in [5, 5.41) is 4.09. The third-order valence-electron chi connectivity index (χ3n) is 4.93. The predicted octanol–water partition coefficient (Wildman–Crippen LogP) is 1.07. The van der Waals surface area contributed by atoms with E-state index in [1.54, 1.807) is 0 Å². The van der Waals surface area contributed by atoms with E-state index in [0.29, 0.717) is 18.8 Å². The van der Waals surface area contributed by atoms with Crippen LogP contribution in [-0.2, 0) is 6.42 Å². The van der Waals surface area contributed by atoms with Gasteiger partial charge in [-0.3, -0.25) is 4.79 Å². The minimum absolute atomic E-state index is 0.0649. The molecule has 2 heterocycles. The highest BCUT2D eigenvalue weighted by atomic mass is 16.4. The van der Waals surface area contributed by atoms with Crippen molar-refractivity contribution in [1.82, 2.24) is 15.2 Å². The molecule has 25 heavy (non-hydrogen) atoms. The van der Waals surface area contributed by atoms with E-state index in [0.717, 1.165) is 61.5 Å². The van der Waals surface area contributed by atoms with Crippen LogP contribution in [0, 0.1) is 6.92 Å². The Hall–Kier alpha value is -2.35. The number of fused-ring (bicyclic) bond motifs is 1. The van der Waals surface area contributed by atoms with Crippen LogP contribution < -0.4 is 11.2 Å². The van der Waals surface area contributed by atoms with E-state index in [4.69, 9.17) is 10.2 Å². The number of hydrogen-bond donors (Lipinski definition) is 2. The second kappa shape index (κ2) is 7.26. The van der Waals surface area contributed by atoms with Crippen molar-refractivity contribution in [1.29, 1.82) is 0 Å². The van der Waals surface area contributed by atoms with E-state index >= 15 is 0 Å². The minimum Gasteiger partial charge on any atom is -0.455 e. The summed E-state index contributed by atoms with van der Waals surface area (Å²) >= 11 is 0. The van der Waals surface area contributed by atoms with E-state index in [1.165, 1.54) is 0 Å². The van der Waals surface area contributed by atoms with Gasteiger partial charge in [0.15, 0.2) is 5.76 Å². The Balaban J connectivity index is 1.83. The lowest BCUT2D eigenvalue weighted by Crippen LogP contribution is -2.48. The van der Waals surface area contributed by atoms with Gasteiger partial charge in [0.25, 0.3) is 5.91 Å². The van der Waals surface area contributed by atoms with Crippen LogP contribution in [0.15, 0.2) is 9.52 Å². The van der Waals surface area contributed by atoms with E-state index < -0.39 is 6.03 Å². The maximum atomic E-state index is 12.9. The molecule has 0 bridgehead atoms. The van der Waals surface area contributed by atoms with Crippen molar-refractivity contribution in [2.75, 3.05) is 32.7 Å². The second-order valence-electron chi connectivity index (χ2n) is 6.47. The van der Waals surface area contributed by atoms with Gasteiger partial charge in [0.1, 0.15) is 5.76 Å². The molecule has 1 aromatic heterocycles. The van der Waals surface area contributed by atoms with Crippen molar-refractivity contribution in [3.05, 3.63) is 22.6 Å². The van der Waals surface area contributed by atoms with Crippen molar-refractivity contribution >= 4 is 17.6 Å². The number of hydrogen-bond acceptors (Lipinski definition) is 5. The molecular weight excluding hydrogens is 322 g/mol. The number of piperazine rings is 1. The summed E-state index contributed by atoms with van der Waals surface area (Å²) in [6.07, 6.45) is 2.35. The number of urea groups is 1. The van der Waals surface area contributed by atoms with Gasteiger partial charge in [0, 0.05) is 43.7 Å². The van der Waals surface area contributed by atoms with Gasteiger partial charge >= 0.3 is 6.03 Å². The number of carbonyl (C=O) groups is 2. The number of rotatable bonds is 3. The molecule has 3 N–H and O–H groups in total. The zero-order valence-electron chi connectivity index (χ0n) is 14.8. The van der Waals surface area contributed by atoms with Crippen LogP contribution in [0.2, 0.25) is 0 Å². The van der Waals surface area contributed by atoms with Gasteiger partial charge in [-0.15, -0.1) is 0 Å². The first-order valence-corrected chi connectivity index (χ1v) is 8.77. The summed E-state index contributed by atoms with van der Waals surface area (Å²) in [5.41, 5.74) is 9.73. The third kappa shape index (κ3) is 3.53. The molecule has 2 aliphatic rings. The van der Waals surface area contributed by atoms with Gasteiger partial charge in [-0.25, -0.2) is 10.2 Å². The standard InChI is InChI=1S/C17H25N5O3/c1-3-21-7-9-22(10-8-21)16(23)15-11(2)14-12(19-20-17(18)24)5-4-6-13(14)25-15/h3-10H2,1-2H3,(H3,18,20,24)/b19-12+. The quantitative estimate of drug-likeness (QED) is 0.798. The molecule has 1 aliphatic heterocycles. The van der Waals surface area contributed by atoms with Crippen LogP contribution in [0.25, 0.3) is 0 Å². The number of nitrogens with two attached hydrogens (primary N) is 1. The number of amides is 3. The first-order chi connectivity index (χ1) is 12.0. The molecule has 1 aromatic rings. The Bertz CT molecular complexity index is 701. The Morgan fingerprint density at radius 1 is 1.24 bits per heavy atom. The van der Waals surface area contributed by atoms with Crippen molar-refractivity contribution in [3.8, 4) is 0 Å². The van der Waals surface area contributed by atoms with Gasteiger partial charge in [-0.05, 0) is 26.3 Å². The molecule has 1 fully saturated rings. The summed E-state index contributed by atoms with van der Waals surface area (Å²) in [6.45, 7) is 8.20. The Labute approximate surface area is 147 Å². The van der Waals surface area contributed by atoms with Crippen molar-refractivity contribution in [2.24, 2.45) is 10.8 Å². The van der Waals surface area contributed by atoms with Gasteiger partial charge in [0.05, 0.1) is 5.71 Å². The van der Waals surface area contributed by atoms with Gasteiger partial charge in [-0.1, -0.05) is 6.92 Å². The normalized spacial score (nSPS) is 19.8. The molecule has 1 aliphatic carbocycles. The second-order valence-corrected chi connectivity index (χ2v) is 6.47. The summed E-state index contributed by atoms with van der Waals surface area (Å²) < 4.78 is 5.91. The Kier molecular flexibility index (Phi) is 5.08. The predicted molar refractivity (Wildman–Crippen MR) is 93.7 cm³/mol. The van der Waals surface area contributed by atoms with E-state index in [1.807, 2.05) is 11.8 Å². The zero-order valence-corrected chi connectivity index (χ0v) is 14.8. The first-order valence-electron chi connectivity index (χ1n) is 8.77. The number of hydrazone groups is 1. The Morgan fingerprint density at radius 3 is 2.60 bits per heavy atom. The lowest BCUT2D eigenvalue weighted by atomic mass is 9.93. The fourth-order valence-corrected chi connectivity index (χ4v) is 3.52. The highest BCUT2D eigenvalue weighted by molar-refractivity contribution is 6.06. The molecule has 1 saturated heterocycles. The third-order valence-corrected chi connectivity index (χ3v) is 4.93. The van der Waals surface area contributed by atoms with E-state index in [9.17, 15) is 9.59 Å². The molecule has 3 amide bonds. The maximum Gasteiger partial charge on any atom is 0.332 e. The summed E-state index contributed by atoms with van der Waals surface area (Å²) in [4.78, 5) is 28.0. The molecular formula is C17H25N5O3. The Morgan fingerprint density at radius 2 is 1.96 bits per heavy atom. The maximum absolute atomic E-state index is 12.9. The molecule has 0 unspecified atom stereocenters. The smallest absolute Gasteiger partial charge is 0.332 e. The molecule has 3 rings (SSSR count). The largest absolute Gasteiger partial charge is 0.455 e. The highest BCUT2D eigenvalue weighted by Crippen LogP contribution is 2.30. The number of furan rings is 1. The lowest BCUT2D eigenvalue weighted by Gasteiger charge is -2.33. The van der Waals surface area contributed by atoms with Crippen LogP contribution >= 0.6 is 0 Å². The van der Waals surface area contributed by atoms with Crippen LogP contribution in [0.5, 0.6) is 0 Å². The van der Waals surface area contributed by atoms with Gasteiger partial charge in [0.2, 0.25) is 0 Å². The highest BCUT2D eigenvalue weighted by Gasteiger charge is 2.31. The van der Waals surface area contributed by atoms with Crippen molar-refractivity contribution in [3.63, 3.8) is 0 Å². The van der Waals surface area contributed by atoms with Gasteiger partial charge < -0.3 is 20.0 Å². The topological polar surface area (TPSA) is 104 Å².